The van der Waals surface area contributed by atoms with Crippen LogP contribution in [0.15, 0.2) is 36.5 Å². The number of ether oxygens (including phenoxy) is 1. The van der Waals surface area contributed by atoms with E-state index >= 15 is 0 Å². The van der Waals surface area contributed by atoms with Crippen molar-refractivity contribution in [2.45, 2.75) is 12.1 Å². The molecular formula is C15H14Cl2N2O2. The summed E-state index contributed by atoms with van der Waals surface area (Å²) in [5, 5.41) is 14.4. The number of benzene rings is 1. The van der Waals surface area contributed by atoms with Gasteiger partial charge in [0.1, 0.15) is 5.60 Å². The Kier molecular flexibility index (Phi) is 4.04. The Morgan fingerprint density at radius 3 is 2.52 bits per heavy atom. The number of aliphatic hydroxyl groups is 1. The summed E-state index contributed by atoms with van der Waals surface area (Å²) in [5.74, 6) is 0. The normalized spacial score (nSPS) is 16.3. The molecule has 0 unspecified atom stereocenters. The Morgan fingerprint density at radius 2 is 1.95 bits per heavy atom. The first-order valence-electron chi connectivity index (χ1n) is 6.51. The van der Waals surface area contributed by atoms with E-state index in [1.54, 1.807) is 12.3 Å². The molecule has 1 aromatic heterocycles. The molecule has 0 amide bonds. The zero-order valence-corrected chi connectivity index (χ0v) is 12.7. The molecule has 2 aromatic rings. The summed E-state index contributed by atoms with van der Waals surface area (Å²) in [7, 11) is 0. The van der Waals surface area contributed by atoms with Crippen LogP contribution in [-0.4, -0.2) is 23.3 Å². The van der Waals surface area contributed by atoms with Crippen LogP contribution in [0.3, 0.4) is 0 Å². The number of hydrogen-bond acceptors (Lipinski definition) is 4. The van der Waals surface area contributed by atoms with E-state index < -0.39 is 5.60 Å². The van der Waals surface area contributed by atoms with E-state index in [-0.39, 0.29) is 0 Å². The molecule has 1 aliphatic heterocycles. The highest BCUT2D eigenvalue weighted by molar-refractivity contribution is 6.34. The molecule has 0 aliphatic carbocycles. The van der Waals surface area contributed by atoms with Crippen molar-refractivity contribution in [3.63, 3.8) is 0 Å². The molecule has 1 aliphatic rings. The molecule has 1 aromatic carbocycles. The maximum Gasteiger partial charge on any atom is 0.136 e. The average Bonchev–Trinajstić information content (AvgIpc) is 2.44. The average molecular weight is 325 g/mol. The van der Waals surface area contributed by atoms with Crippen LogP contribution in [-0.2, 0) is 16.9 Å². The van der Waals surface area contributed by atoms with E-state index in [0.717, 1.165) is 16.9 Å². The van der Waals surface area contributed by atoms with Crippen molar-refractivity contribution in [3.05, 3.63) is 57.8 Å². The Morgan fingerprint density at radius 1 is 1.24 bits per heavy atom. The largest absolute Gasteiger partial charge is 0.380 e. The number of nitrogens with one attached hydrogen (secondary N) is 1. The van der Waals surface area contributed by atoms with Gasteiger partial charge in [0.25, 0.3) is 0 Å². The van der Waals surface area contributed by atoms with Gasteiger partial charge in [-0.3, -0.25) is 4.98 Å². The SMILES string of the molecule is OC1(c2ccc(NCc3ncc(Cl)cc3Cl)cc2)COC1. The van der Waals surface area contributed by atoms with Crippen LogP contribution in [0.1, 0.15) is 11.3 Å². The number of rotatable bonds is 4. The first-order valence-corrected chi connectivity index (χ1v) is 7.27. The Hall–Kier alpha value is -1.33. The third kappa shape index (κ3) is 3.14. The zero-order chi connectivity index (χ0) is 14.9. The summed E-state index contributed by atoms with van der Waals surface area (Å²) in [4.78, 5) is 4.19. The van der Waals surface area contributed by atoms with Gasteiger partial charge < -0.3 is 15.2 Å². The number of aromatic nitrogens is 1. The van der Waals surface area contributed by atoms with E-state index in [2.05, 4.69) is 10.3 Å². The molecule has 0 radical (unpaired) electrons. The minimum absolute atomic E-state index is 0.351. The van der Waals surface area contributed by atoms with Gasteiger partial charge in [0.2, 0.25) is 0 Å². The fourth-order valence-corrected chi connectivity index (χ4v) is 2.57. The van der Waals surface area contributed by atoms with E-state index in [0.29, 0.717) is 29.8 Å². The highest BCUT2D eigenvalue weighted by atomic mass is 35.5. The smallest absolute Gasteiger partial charge is 0.136 e. The number of pyridine rings is 1. The van der Waals surface area contributed by atoms with Gasteiger partial charge in [-0.25, -0.2) is 0 Å². The lowest BCUT2D eigenvalue weighted by Crippen LogP contribution is -2.46. The van der Waals surface area contributed by atoms with Crippen LogP contribution in [0, 0.1) is 0 Å². The molecule has 1 saturated heterocycles. The second-order valence-electron chi connectivity index (χ2n) is 5.04. The summed E-state index contributed by atoms with van der Waals surface area (Å²) < 4.78 is 5.05. The van der Waals surface area contributed by atoms with Gasteiger partial charge in [-0.1, -0.05) is 35.3 Å². The Balaban J connectivity index is 1.65. The summed E-state index contributed by atoms with van der Waals surface area (Å²) in [5.41, 5.74) is 1.69. The second-order valence-corrected chi connectivity index (χ2v) is 5.88. The molecule has 2 N–H and O–H groups in total. The fourth-order valence-electron chi connectivity index (χ4n) is 2.12. The van der Waals surface area contributed by atoms with Crippen LogP contribution >= 0.6 is 23.2 Å². The van der Waals surface area contributed by atoms with Gasteiger partial charge in [0.15, 0.2) is 0 Å². The van der Waals surface area contributed by atoms with E-state index in [4.69, 9.17) is 27.9 Å². The lowest BCUT2D eigenvalue weighted by atomic mass is 9.92. The molecule has 0 spiro atoms. The van der Waals surface area contributed by atoms with E-state index in [1.165, 1.54) is 0 Å². The molecule has 21 heavy (non-hydrogen) atoms. The molecule has 0 atom stereocenters. The summed E-state index contributed by atoms with van der Waals surface area (Å²) in [6.07, 6.45) is 1.57. The third-order valence-electron chi connectivity index (χ3n) is 3.45. The molecule has 3 rings (SSSR count). The van der Waals surface area contributed by atoms with Crippen LogP contribution in [0.4, 0.5) is 5.69 Å². The number of anilines is 1. The minimum Gasteiger partial charge on any atom is -0.380 e. The topological polar surface area (TPSA) is 54.4 Å². The van der Waals surface area contributed by atoms with Gasteiger partial charge in [0, 0.05) is 11.9 Å². The van der Waals surface area contributed by atoms with Crippen LogP contribution in [0.25, 0.3) is 0 Å². The standard InChI is InChI=1S/C15H14Cl2N2O2/c16-11-5-13(17)14(19-6-11)7-18-12-3-1-10(2-4-12)15(20)8-21-9-15/h1-6,18,20H,7-9H2. The lowest BCUT2D eigenvalue weighted by molar-refractivity contribution is -0.184. The summed E-state index contributed by atoms with van der Waals surface area (Å²) in [6, 6.07) is 9.27. The number of nitrogens with zero attached hydrogens (tertiary/aromatic N) is 1. The molecule has 0 saturated carbocycles. The van der Waals surface area contributed by atoms with Crippen molar-refractivity contribution in [3.8, 4) is 0 Å². The summed E-state index contributed by atoms with van der Waals surface area (Å²) >= 11 is 11.9. The molecule has 0 bridgehead atoms. The predicted molar refractivity (Wildman–Crippen MR) is 82.7 cm³/mol. The van der Waals surface area contributed by atoms with Crippen molar-refractivity contribution >= 4 is 28.9 Å². The molecular weight excluding hydrogens is 311 g/mol. The van der Waals surface area contributed by atoms with Crippen molar-refractivity contribution in [2.75, 3.05) is 18.5 Å². The number of hydrogen-bond donors (Lipinski definition) is 2. The Labute approximate surface area is 132 Å². The van der Waals surface area contributed by atoms with Crippen molar-refractivity contribution in [2.24, 2.45) is 0 Å². The van der Waals surface area contributed by atoms with Crippen molar-refractivity contribution in [1.29, 1.82) is 0 Å². The van der Waals surface area contributed by atoms with Crippen LogP contribution in [0.2, 0.25) is 10.0 Å². The minimum atomic E-state index is -0.834. The maximum absolute atomic E-state index is 10.2. The molecule has 6 heteroatoms. The number of halogens is 2. The third-order valence-corrected chi connectivity index (χ3v) is 3.98. The highest BCUT2D eigenvalue weighted by Gasteiger charge is 2.37. The van der Waals surface area contributed by atoms with Crippen molar-refractivity contribution < 1.29 is 9.84 Å². The maximum atomic E-state index is 10.2. The van der Waals surface area contributed by atoms with Crippen LogP contribution < -0.4 is 5.32 Å². The van der Waals surface area contributed by atoms with E-state index in [9.17, 15) is 5.11 Å². The first-order chi connectivity index (χ1) is 10.1. The van der Waals surface area contributed by atoms with Gasteiger partial charge in [-0.15, -0.1) is 0 Å². The Bertz CT molecular complexity index is 643. The molecule has 1 fully saturated rings. The highest BCUT2D eigenvalue weighted by Crippen LogP contribution is 2.30. The van der Waals surface area contributed by atoms with Crippen molar-refractivity contribution in [1.82, 2.24) is 4.98 Å². The van der Waals surface area contributed by atoms with Gasteiger partial charge in [-0.2, -0.15) is 0 Å². The second kappa shape index (κ2) is 5.81. The zero-order valence-electron chi connectivity index (χ0n) is 11.1. The lowest BCUT2D eigenvalue weighted by Gasteiger charge is -2.36. The monoisotopic (exact) mass is 324 g/mol. The van der Waals surface area contributed by atoms with Gasteiger partial charge in [0.05, 0.1) is 35.5 Å². The van der Waals surface area contributed by atoms with Gasteiger partial charge in [-0.05, 0) is 23.8 Å². The fraction of sp³-hybridized carbons (Fsp3) is 0.267. The molecule has 2 heterocycles. The quantitative estimate of drug-likeness (QED) is 0.906. The summed E-state index contributed by atoms with van der Waals surface area (Å²) in [6.45, 7) is 1.21. The van der Waals surface area contributed by atoms with Gasteiger partial charge >= 0.3 is 0 Å². The first kappa shape index (κ1) is 14.6. The molecule has 110 valence electrons. The van der Waals surface area contributed by atoms with E-state index in [1.807, 2.05) is 24.3 Å². The van der Waals surface area contributed by atoms with Crippen LogP contribution in [0.5, 0.6) is 0 Å². The molecule has 4 nitrogen and oxygen atoms in total. The predicted octanol–water partition coefficient (Wildman–Crippen LogP) is 3.22.